The molecule has 1 aromatic carbocycles. The van der Waals surface area contributed by atoms with Crippen LogP contribution in [0.2, 0.25) is 5.02 Å². The minimum atomic E-state index is -0.441. The molecular formula is C8H8ClFN4. The van der Waals surface area contributed by atoms with E-state index in [1.807, 2.05) is 0 Å². The number of benzene rings is 1. The minimum Gasteiger partial charge on any atom is -0.369 e. The van der Waals surface area contributed by atoms with Gasteiger partial charge in [-0.1, -0.05) is 11.6 Å². The SMILES string of the molecule is NC(N)=N/N=C/c1cc(Cl)ccc1F. The zero-order chi connectivity index (χ0) is 10.6. The maximum Gasteiger partial charge on any atom is 0.211 e. The van der Waals surface area contributed by atoms with E-state index >= 15 is 0 Å². The van der Waals surface area contributed by atoms with E-state index in [-0.39, 0.29) is 11.5 Å². The third-order valence-corrected chi connectivity index (χ3v) is 1.56. The van der Waals surface area contributed by atoms with Gasteiger partial charge >= 0.3 is 0 Å². The summed E-state index contributed by atoms with van der Waals surface area (Å²) in [5.74, 6) is -0.632. The molecule has 0 amide bonds. The molecule has 4 nitrogen and oxygen atoms in total. The minimum absolute atomic E-state index is 0.191. The fourth-order valence-corrected chi connectivity index (χ4v) is 0.952. The van der Waals surface area contributed by atoms with Crippen molar-refractivity contribution in [3.05, 3.63) is 34.6 Å². The Labute approximate surface area is 85.1 Å². The number of halogens is 2. The van der Waals surface area contributed by atoms with Gasteiger partial charge in [-0.3, -0.25) is 0 Å². The van der Waals surface area contributed by atoms with Gasteiger partial charge in [0.15, 0.2) is 0 Å². The zero-order valence-electron chi connectivity index (χ0n) is 7.11. The molecule has 4 N–H and O–H groups in total. The van der Waals surface area contributed by atoms with Gasteiger partial charge in [0.2, 0.25) is 5.96 Å². The van der Waals surface area contributed by atoms with Crippen molar-refractivity contribution in [2.24, 2.45) is 21.7 Å². The van der Waals surface area contributed by atoms with Crippen molar-refractivity contribution in [2.45, 2.75) is 0 Å². The highest BCUT2D eigenvalue weighted by Gasteiger charge is 1.99. The van der Waals surface area contributed by atoms with Crippen LogP contribution in [0.5, 0.6) is 0 Å². The molecule has 0 saturated carbocycles. The van der Waals surface area contributed by atoms with Crippen molar-refractivity contribution in [3.8, 4) is 0 Å². The van der Waals surface area contributed by atoms with E-state index in [1.165, 1.54) is 24.4 Å². The summed E-state index contributed by atoms with van der Waals surface area (Å²) in [6.45, 7) is 0. The molecule has 0 heterocycles. The van der Waals surface area contributed by atoms with E-state index < -0.39 is 5.82 Å². The smallest absolute Gasteiger partial charge is 0.211 e. The van der Waals surface area contributed by atoms with E-state index in [0.29, 0.717) is 5.02 Å². The number of hydrogen-bond donors (Lipinski definition) is 2. The van der Waals surface area contributed by atoms with E-state index in [1.54, 1.807) is 0 Å². The summed E-state index contributed by atoms with van der Waals surface area (Å²) < 4.78 is 13.0. The average Bonchev–Trinajstić information content (AvgIpc) is 2.10. The average molecular weight is 215 g/mol. The van der Waals surface area contributed by atoms with E-state index in [9.17, 15) is 4.39 Å². The third kappa shape index (κ3) is 3.02. The highest BCUT2D eigenvalue weighted by molar-refractivity contribution is 6.30. The van der Waals surface area contributed by atoms with Crippen LogP contribution in [-0.4, -0.2) is 12.2 Å². The molecule has 0 spiro atoms. The normalized spacial score (nSPS) is 10.4. The molecule has 0 aliphatic rings. The van der Waals surface area contributed by atoms with Crippen molar-refractivity contribution < 1.29 is 4.39 Å². The van der Waals surface area contributed by atoms with Gasteiger partial charge in [-0.25, -0.2) is 4.39 Å². The molecule has 0 atom stereocenters. The number of guanidine groups is 1. The predicted molar refractivity (Wildman–Crippen MR) is 54.8 cm³/mol. The molecule has 0 saturated heterocycles. The molecule has 0 aliphatic carbocycles. The second-order valence-electron chi connectivity index (χ2n) is 2.44. The van der Waals surface area contributed by atoms with Crippen LogP contribution in [0.15, 0.2) is 28.4 Å². The van der Waals surface area contributed by atoms with Gasteiger partial charge in [0.05, 0.1) is 6.21 Å². The molecule has 0 radical (unpaired) electrons. The molecular weight excluding hydrogens is 207 g/mol. The van der Waals surface area contributed by atoms with Crippen LogP contribution in [-0.2, 0) is 0 Å². The first-order chi connectivity index (χ1) is 6.59. The maximum absolute atomic E-state index is 13.0. The standard InChI is InChI=1S/C8H8ClFN4/c9-6-1-2-7(10)5(3-6)4-13-14-8(11)12/h1-4H,(H4,11,12,14)/b13-4+. The first kappa shape index (κ1) is 10.5. The Morgan fingerprint density at radius 3 is 2.79 bits per heavy atom. The molecule has 74 valence electrons. The van der Waals surface area contributed by atoms with Gasteiger partial charge in [0, 0.05) is 10.6 Å². The van der Waals surface area contributed by atoms with Crippen LogP contribution < -0.4 is 11.5 Å². The molecule has 14 heavy (non-hydrogen) atoms. The molecule has 0 unspecified atom stereocenters. The monoisotopic (exact) mass is 214 g/mol. The lowest BCUT2D eigenvalue weighted by Crippen LogP contribution is -2.21. The number of rotatable bonds is 2. The summed E-state index contributed by atoms with van der Waals surface area (Å²) in [6.07, 6.45) is 1.18. The topological polar surface area (TPSA) is 76.8 Å². The van der Waals surface area contributed by atoms with Gasteiger partial charge in [-0.05, 0) is 18.2 Å². The van der Waals surface area contributed by atoms with Crippen LogP contribution in [0.25, 0.3) is 0 Å². The van der Waals surface area contributed by atoms with Gasteiger partial charge in [-0.15, -0.1) is 5.10 Å². The number of nitrogens with zero attached hydrogens (tertiary/aromatic N) is 2. The van der Waals surface area contributed by atoms with Crippen molar-refractivity contribution in [1.82, 2.24) is 0 Å². The first-order valence-corrected chi connectivity index (χ1v) is 4.04. The fourth-order valence-electron chi connectivity index (χ4n) is 0.771. The van der Waals surface area contributed by atoms with E-state index in [0.717, 1.165) is 0 Å². The largest absolute Gasteiger partial charge is 0.369 e. The Balaban J connectivity index is 2.91. The lowest BCUT2D eigenvalue weighted by Gasteiger charge is -1.95. The second-order valence-corrected chi connectivity index (χ2v) is 2.87. The molecule has 0 fully saturated rings. The summed E-state index contributed by atoms with van der Waals surface area (Å²) in [5, 5.41) is 7.19. The number of hydrogen-bond acceptors (Lipinski definition) is 2. The van der Waals surface area contributed by atoms with Gasteiger partial charge in [0.25, 0.3) is 0 Å². The Morgan fingerprint density at radius 1 is 1.43 bits per heavy atom. The molecule has 1 aromatic rings. The summed E-state index contributed by atoms with van der Waals surface area (Å²) >= 11 is 5.64. The highest BCUT2D eigenvalue weighted by Crippen LogP contribution is 2.12. The molecule has 0 aliphatic heterocycles. The summed E-state index contributed by atoms with van der Waals surface area (Å²) in [4.78, 5) is 0. The maximum atomic E-state index is 13.0. The lowest BCUT2D eigenvalue weighted by atomic mass is 10.2. The number of nitrogens with two attached hydrogens (primary N) is 2. The Hall–Kier alpha value is -1.62. The van der Waals surface area contributed by atoms with Crippen molar-refractivity contribution >= 4 is 23.8 Å². The second kappa shape index (κ2) is 4.57. The predicted octanol–water partition coefficient (Wildman–Crippen LogP) is 1.09. The Bertz CT molecular complexity index is 385. The van der Waals surface area contributed by atoms with Crippen LogP contribution in [0.1, 0.15) is 5.56 Å². The van der Waals surface area contributed by atoms with Crippen molar-refractivity contribution in [3.63, 3.8) is 0 Å². The highest BCUT2D eigenvalue weighted by atomic mass is 35.5. The van der Waals surface area contributed by atoms with Crippen molar-refractivity contribution in [2.75, 3.05) is 0 Å². The third-order valence-electron chi connectivity index (χ3n) is 1.33. The zero-order valence-corrected chi connectivity index (χ0v) is 7.87. The summed E-state index contributed by atoms with van der Waals surface area (Å²) in [7, 11) is 0. The Morgan fingerprint density at radius 2 is 2.14 bits per heavy atom. The van der Waals surface area contributed by atoms with E-state index in [4.69, 9.17) is 23.1 Å². The first-order valence-electron chi connectivity index (χ1n) is 3.66. The van der Waals surface area contributed by atoms with Crippen LogP contribution in [0.4, 0.5) is 4.39 Å². The van der Waals surface area contributed by atoms with Crippen LogP contribution in [0, 0.1) is 5.82 Å². The van der Waals surface area contributed by atoms with Gasteiger partial charge in [-0.2, -0.15) is 5.10 Å². The Kier molecular flexibility index (Phi) is 3.41. The quantitative estimate of drug-likeness (QED) is 0.439. The molecule has 0 aromatic heterocycles. The van der Waals surface area contributed by atoms with Gasteiger partial charge in [0.1, 0.15) is 5.82 Å². The fraction of sp³-hybridized carbons (Fsp3) is 0. The lowest BCUT2D eigenvalue weighted by molar-refractivity contribution is 0.626. The summed E-state index contributed by atoms with van der Waals surface area (Å²) in [5.41, 5.74) is 10.3. The molecule has 1 rings (SSSR count). The molecule has 6 heteroatoms. The summed E-state index contributed by atoms with van der Waals surface area (Å²) in [6, 6.07) is 4.09. The van der Waals surface area contributed by atoms with Gasteiger partial charge < -0.3 is 11.5 Å². The van der Waals surface area contributed by atoms with Crippen molar-refractivity contribution in [1.29, 1.82) is 0 Å². The van der Waals surface area contributed by atoms with Crippen LogP contribution in [0.3, 0.4) is 0 Å². The molecule has 0 bridgehead atoms. The van der Waals surface area contributed by atoms with E-state index in [2.05, 4.69) is 10.2 Å². The van der Waals surface area contributed by atoms with Crippen LogP contribution >= 0.6 is 11.6 Å².